The molecule has 112 valence electrons. The molecule has 2 aromatic carbocycles. The van der Waals surface area contributed by atoms with Crippen molar-refractivity contribution in [3.8, 4) is 0 Å². The molecular formula is C14H14BrClN2O2S. The third kappa shape index (κ3) is 3.97. The highest BCUT2D eigenvalue weighted by Gasteiger charge is 2.21. The van der Waals surface area contributed by atoms with E-state index in [-0.39, 0.29) is 16.0 Å². The Hall–Kier alpha value is -1.08. The van der Waals surface area contributed by atoms with Gasteiger partial charge in [-0.2, -0.15) is 0 Å². The van der Waals surface area contributed by atoms with Gasteiger partial charge in [-0.05, 0) is 42.8 Å². The van der Waals surface area contributed by atoms with Crippen LogP contribution in [0, 0.1) is 0 Å². The Morgan fingerprint density at radius 3 is 2.38 bits per heavy atom. The SMILES string of the molecule is C[C@H](NS(=O)(=O)c1ccc(N)cc1Cl)c1ccc(Br)cc1. The molecule has 0 radical (unpaired) electrons. The van der Waals surface area contributed by atoms with Crippen molar-refractivity contribution in [2.75, 3.05) is 5.73 Å². The van der Waals surface area contributed by atoms with Crippen LogP contribution in [0.25, 0.3) is 0 Å². The molecule has 0 heterocycles. The summed E-state index contributed by atoms with van der Waals surface area (Å²) in [6, 6.07) is 11.4. The van der Waals surface area contributed by atoms with Crippen LogP contribution in [-0.4, -0.2) is 8.42 Å². The van der Waals surface area contributed by atoms with Gasteiger partial charge in [0.05, 0.1) is 5.02 Å². The van der Waals surface area contributed by atoms with Crippen LogP contribution in [0.5, 0.6) is 0 Å². The Morgan fingerprint density at radius 2 is 1.81 bits per heavy atom. The topological polar surface area (TPSA) is 72.2 Å². The number of nitrogen functional groups attached to an aromatic ring is 1. The van der Waals surface area contributed by atoms with Crippen molar-refractivity contribution in [2.45, 2.75) is 17.9 Å². The molecule has 0 aliphatic rings. The molecule has 2 aromatic rings. The van der Waals surface area contributed by atoms with Gasteiger partial charge in [-0.1, -0.05) is 39.7 Å². The molecular weight excluding hydrogens is 376 g/mol. The fourth-order valence-electron chi connectivity index (χ4n) is 1.85. The number of nitrogens with two attached hydrogens (primary N) is 1. The monoisotopic (exact) mass is 388 g/mol. The van der Waals surface area contributed by atoms with Crippen LogP contribution in [0.3, 0.4) is 0 Å². The predicted octanol–water partition coefficient (Wildman–Crippen LogP) is 3.72. The average molecular weight is 390 g/mol. The van der Waals surface area contributed by atoms with E-state index in [4.69, 9.17) is 17.3 Å². The molecule has 21 heavy (non-hydrogen) atoms. The lowest BCUT2D eigenvalue weighted by Gasteiger charge is -2.15. The zero-order valence-corrected chi connectivity index (χ0v) is 14.3. The number of sulfonamides is 1. The maximum atomic E-state index is 12.4. The van der Waals surface area contributed by atoms with Gasteiger partial charge in [-0.25, -0.2) is 13.1 Å². The van der Waals surface area contributed by atoms with Gasteiger partial charge < -0.3 is 5.73 Å². The highest BCUT2D eigenvalue weighted by Crippen LogP contribution is 2.25. The summed E-state index contributed by atoms with van der Waals surface area (Å²) >= 11 is 9.30. The molecule has 0 aliphatic heterocycles. The second-order valence-corrected chi connectivity index (χ2v) is 7.59. The number of rotatable bonds is 4. The van der Waals surface area contributed by atoms with E-state index in [0.717, 1.165) is 10.0 Å². The lowest BCUT2D eigenvalue weighted by Crippen LogP contribution is -2.27. The van der Waals surface area contributed by atoms with Gasteiger partial charge in [0.25, 0.3) is 0 Å². The van der Waals surface area contributed by atoms with Gasteiger partial charge >= 0.3 is 0 Å². The molecule has 3 N–H and O–H groups in total. The van der Waals surface area contributed by atoms with E-state index >= 15 is 0 Å². The van der Waals surface area contributed by atoms with E-state index in [1.807, 2.05) is 24.3 Å². The van der Waals surface area contributed by atoms with Crippen LogP contribution in [0.15, 0.2) is 51.8 Å². The van der Waals surface area contributed by atoms with Crippen molar-refractivity contribution < 1.29 is 8.42 Å². The van der Waals surface area contributed by atoms with E-state index < -0.39 is 10.0 Å². The summed E-state index contributed by atoms with van der Waals surface area (Å²) in [5.41, 5.74) is 6.84. The van der Waals surface area contributed by atoms with E-state index in [0.29, 0.717) is 5.69 Å². The van der Waals surface area contributed by atoms with Gasteiger partial charge in [-0.3, -0.25) is 0 Å². The molecule has 0 aromatic heterocycles. The fraction of sp³-hybridized carbons (Fsp3) is 0.143. The highest BCUT2D eigenvalue weighted by molar-refractivity contribution is 9.10. The Bertz CT molecular complexity index is 748. The molecule has 2 rings (SSSR count). The summed E-state index contributed by atoms with van der Waals surface area (Å²) in [6.07, 6.45) is 0. The summed E-state index contributed by atoms with van der Waals surface area (Å²) < 4.78 is 28.3. The van der Waals surface area contributed by atoms with Crippen LogP contribution in [0.4, 0.5) is 5.69 Å². The van der Waals surface area contributed by atoms with Crippen LogP contribution in [0.1, 0.15) is 18.5 Å². The number of anilines is 1. The quantitative estimate of drug-likeness (QED) is 0.783. The Kier molecular flexibility index (Phi) is 4.93. The summed E-state index contributed by atoms with van der Waals surface area (Å²) in [5.74, 6) is 0. The Morgan fingerprint density at radius 1 is 1.19 bits per heavy atom. The third-order valence-corrected chi connectivity index (χ3v) is 5.50. The largest absolute Gasteiger partial charge is 0.399 e. The standard InChI is InChI=1S/C14H14BrClN2O2S/c1-9(10-2-4-11(15)5-3-10)18-21(19,20)14-7-6-12(17)8-13(14)16/h2-9,18H,17H2,1H3/t9-/m0/s1. The minimum atomic E-state index is -3.71. The molecule has 0 spiro atoms. The van der Waals surface area contributed by atoms with Crippen molar-refractivity contribution >= 4 is 43.2 Å². The highest BCUT2D eigenvalue weighted by atomic mass is 79.9. The summed E-state index contributed by atoms with van der Waals surface area (Å²) in [6.45, 7) is 1.77. The second-order valence-electron chi connectivity index (χ2n) is 4.58. The van der Waals surface area contributed by atoms with E-state index in [1.165, 1.54) is 18.2 Å². The zero-order chi connectivity index (χ0) is 15.6. The number of nitrogens with one attached hydrogen (secondary N) is 1. The first-order valence-electron chi connectivity index (χ1n) is 6.12. The van der Waals surface area contributed by atoms with Gasteiger partial charge in [0.2, 0.25) is 10.0 Å². The van der Waals surface area contributed by atoms with E-state index in [1.54, 1.807) is 6.92 Å². The maximum Gasteiger partial charge on any atom is 0.242 e. The number of halogens is 2. The number of hydrogen-bond donors (Lipinski definition) is 2. The van der Waals surface area contributed by atoms with Crippen molar-refractivity contribution in [2.24, 2.45) is 0 Å². The fourth-order valence-corrected chi connectivity index (χ4v) is 3.90. The van der Waals surface area contributed by atoms with Gasteiger partial charge in [-0.15, -0.1) is 0 Å². The average Bonchev–Trinajstić information content (AvgIpc) is 2.38. The number of benzene rings is 2. The smallest absolute Gasteiger partial charge is 0.242 e. The van der Waals surface area contributed by atoms with Crippen molar-refractivity contribution in [3.63, 3.8) is 0 Å². The summed E-state index contributed by atoms with van der Waals surface area (Å²) in [5, 5.41) is 0.102. The van der Waals surface area contributed by atoms with Crippen LogP contribution in [-0.2, 0) is 10.0 Å². The first-order valence-corrected chi connectivity index (χ1v) is 8.78. The van der Waals surface area contributed by atoms with Gasteiger partial charge in [0.15, 0.2) is 0 Å². The zero-order valence-electron chi connectivity index (χ0n) is 11.2. The van der Waals surface area contributed by atoms with Crippen LogP contribution >= 0.6 is 27.5 Å². The molecule has 0 fully saturated rings. The minimum absolute atomic E-state index is 0.0160. The summed E-state index contributed by atoms with van der Waals surface area (Å²) in [7, 11) is -3.71. The molecule has 0 bridgehead atoms. The van der Waals surface area contributed by atoms with Crippen molar-refractivity contribution in [1.82, 2.24) is 4.72 Å². The molecule has 0 amide bonds. The first kappa shape index (κ1) is 16.3. The minimum Gasteiger partial charge on any atom is -0.399 e. The molecule has 0 saturated heterocycles. The van der Waals surface area contributed by atoms with Crippen molar-refractivity contribution in [1.29, 1.82) is 0 Å². The predicted molar refractivity (Wildman–Crippen MR) is 88.7 cm³/mol. The Labute approximate surface area is 137 Å². The number of hydrogen-bond acceptors (Lipinski definition) is 3. The van der Waals surface area contributed by atoms with Crippen molar-refractivity contribution in [3.05, 3.63) is 57.5 Å². The van der Waals surface area contributed by atoms with E-state index in [9.17, 15) is 8.42 Å². The van der Waals surface area contributed by atoms with Gasteiger partial charge in [0, 0.05) is 16.2 Å². The molecule has 7 heteroatoms. The third-order valence-electron chi connectivity index (χ3n) is 2.95. The molecule has 0 unspecified atom stereocenters. The van der Waals surface area contributed by atoms with Crippen LogP contribution in [0.2, 0.25) is 5.02 Å². The first-order chi connectivity index (χ1) is 9.79. The lowest BCUT2D eigenvalue weighted by molar-refractivity contribution is 0.567. The molecule has 0 saturated carbocycles. The maximum absolute atomic E-state index is 12.4. The molecule has 0 aliphatic carbocycles. The van der Waals surface area contributed by atoms with E-state index in [2.05, 4.69) is 20.7 Å². The molecule has 1 atom stereocenters. The molecule has 4 nitrogen and oxygen atoms in total. The normalized spacial score (nSPS) is 13.1. The summed E-state index contributed by atoms with van der Waals surface area (Å²) in [4.78, 5) is 0.0160. The second kappa shape index (κ2) is 6.36. The Balaban J connectivity index is 2.26. The van der Waals surface area contributed by atoms with Crippen LogP contribution < -0.4 is 10.5 Å². The van der Waals surface area contributed by atoms with Gasteiger partial charge in [0.1, 0.15) is 4.90 Å². The lowest BCUT2D eigenvalue weighted by atomic mass is 10.1.